The van der Waals surface area contributed by atoms with Crippen LogP contribution in [0.25, 0.3) is 0 Å². The molecular weight excluding hydrogens is 507 g/mol. The van der Waals surface area contributed by atoms with E-state index in [9.17, 15) is 31.2 Å². The molecule has 0 bridgehead atoms. The molecule has 2 rings (SSSR count). The van der Waals surface area contributed by atoms with E-state index in [0.29, 0.717) is 16.8 Å². The standard InChI is InChI=1S/C26H34F3N3O4S/c1-6-19(4)30-25(34)23(7-2)31(16-20-12-9-8-11-18(20)3)24(33)17-32(37(5,35)36)22-14-10-13-21(15-22)26(27,28)29/h8-15,19,23H,6-7,16-17H2,1-5H3,(H,30,34)/t19-,23+/m0/s1. The van der Waals surface area contributed by atoms with Gasteiger partial charge in [0.1, 0.15) is 12.6 Å². The maximum absolute atomic E-state index is 13.6. The Morgan fingerprint density at radius 2 is 1.68 bits per heavy atom. The van der Waals surface area contributed by atoms with Crippen molar-refractivity contribution in [3.63, 3.8) is 0 Å². The first-order chi connectivity index (χ1) is 17.2. The topological polar surface area (TPSA) is 86.8 Å². The van der Waals surface area contributed by atoms with Crippen LogP contribution in [0.4, 0.5) is 18.9 Å². The van der Waals surface area contributed by atoms with Gasteiger partial charge in [-0.25, -0.2) is 8.42 Å². The van der Waals surface area contributed by atoms with Gasteiger partial charge in [-0.3, -0.25) is 13.9 Å². The first-order valence-electron chi connectivity index (χ1n) is 12.0. The van der Waals surface area contributed by atoms with E-state index in [-0.39, 0.29) is 30.6 Å². The molecule has 1 N–H and O–H groups in total. The Morgan fingerprint density at radius 3 is 2.22 bits per heavy atom. The predicted octanol–water partition coefficient (Wildman–Crippen LogP) is 4.50. The van der Waals surface area contributed by atoms with E-state index in [2.05, 4.69) is 5.32 Å². The van der Waals surface area contributed by atoms with Gasteiger partial charge in [0, 0.05) is 12.6 Å². The summed E-state index contributed by atoms with van der Waals surface area (Å²) in [5.74, 6) is -1.10. The quantitative estimate of drug-likeness (QED) is 0.454. The van der Waals surface area contributed by atoms with E-state index in [1.54, 1.807) is 19.1 Å². The highest BCUT2D eigenvalue weighted by atomic mass is 32.2. The third-order valence-electron chi connectivity index (χ3n) is 6.13. The SMILES string of the molecule is CC[C@H](C(=O)N[C@@H](C)CC)N(Cc1ccccc1C)C(=O)CN(c1cccc(C(F)(F)F)c1)S(C)(=O)=O. The molecule has 0 fully saturated rings. The molecule has 0 saturated heterocycles. The van der Waals surface area contributed by atoms with Gasteiger partial charge in [-0.05, 0) is 56.0 Å². The number of nitrogens with one attached hydrogen (secondary N) is 1. The highest BCUT2D eigenvalue weighted by Crippen LogP contribution is 2.32. The Bertz CT molecular complexity index is 1200. The number of hydrogen-bond donors (Lipinski definition) is 1. The third-order valence-corrected chi connectivity index (χ3v) is 7.27. The minimum Gasteiger partial charge on any atom is -0.352 e. The minimum absolute atomic E-state index is 0.0259. The molecule has 7 nitrogen and oxygen atoms in total. The van der Waals surface area contributed by atoms with Crippen LogP contribution in [0, 0.1) is 6.92 Å². The second-order valence-electron chi connectivity index (χ2n) is 9.01. The summed E-state index contributed by atoms with van der Waals surface area (Å²) in [6.07, 6.45) is -2.95. The molecular formula is C26H34F3N3O4S. The van der Waals surface area contributed by atoms with Gasteiger partial charge in [-0.2, -0.15) is 13.2 Å². The lowest BCUT2D eigenvalue weighted by Gasteiger charge is -2.33. The Morgan fingerprint density at radius 1 is 1.03 bits per heavy atom. The number of anilines is 1. The van der Waals surface area contributed by atoms with E-state index in [0.717, 1.165) is 29.5 Å². The van der Waals surface area contributed by atoms with Crippen molar-refractivity contribution in [2.45, 2.75) is 65.3 Å². The van der Waals surface area contributed by atoms with E-state index in [1.807, 2.05) is 32.9 Å². The van der Waals surface area contributed by atoms with Crippen molar-refractivity contribution in [2.75, 3.05) is 17.1 Å². The molecule has 0 heterocycles. The van der Waals surface area contributed by atoms with Crippen LogP contribution >= 0.6 is 0 Å². The summed E-state index contributed by atoms with van der Waals surface area (Å²) in [6.45, 7) is 6.58. The van der Waals surface area contributed by atoms with Gasteiger partial charge in [-0.1, -0.05) is 44.2 Å². The minimum atomic E-state index is -4.69. The fourth-order valence-electron chi connectivity index (χ4n) is 3.78. The summed E-state index contributed by atoms with van der Waals surface area (Å²) in [5, 5.41) is 2.87. The van der Waals surface area contributed by atoms with Gasteiger partial charge < -0.3 is 10.2 Å². The number of rotatable bonds is 11. The third kappa shape index (κ3) is 8.21. The number of amides is 2. The molecule has 2 atom stereocenters. The number of benzene rings is 2. The van der Waals surface area contributed by atoms with Crippen molar-refractivity contribution in [3.05, 3.63) is 65.2 Å². The van der Waals surface area contributed by atoms with Crippen LogP contribution in [0.3, 0.4) is 0 Å². The number of hydrogen-bond acceptors (Lipinski definition) is 4. The van der Waals surface area contributed by atoms with Gasteiger partial charge in [-0.15, -0.1) is 0 Å². The number of carbonyl (C=O) groups excluding carboxylic acids is 2. The lowest BCUT2D eigenvalue weighted by atomic mass is 10.1. The van der Waals surface area contributed by atoms with Gasteiger partial charge in [0.15, 0.2) is 0 Å². The lowest BCUT2D eigenvalue weighted by molar-refractivity contribution is -0.140. The molecule has 0 aliphatic rings. The van der Waals surface area contributed by atoms with Crippen molar-refractivity contribution < 1.29 is 31.2 Å². The Hall–Kier alpha value is -3.08. The van der Waals surface area contributed by atoms with Crippen LogP contribution in [-0.4, -0.2) is 50.0 Å². The predicted molar refractivity (Wildman–Crippen MR) is 137 cm³/mol. The normalized spacial score (nSPS) is 13.5. The van der Waals surface area contributed by atoms with Crippen LogP contribution in [-0.2, 0) is 32.3 Å². The second kappa shape index (κ2) is 12.4. The summed E-state index contributed by atoms with van der Waals surface area (Å²) in [6, 6.07) is 10.0. The van der Waals surface area contributed by atoms with Gasteiger partial charge in [0.25, 0.3) is 0 Å². The lowest BCUT2D eigenvalue weighted by Crippen LogP contribution is -2.53. The molecule has 37 heavy (non-hydrogen) atoms. The van der Waals surface area contributed by atoms with E-state index in [1.165, 1.54) is 11.0 Å². The zero-order chi connectivity index (χ0) is 28.0. The highest BCUT2D eigenvalue weighted by Gasteiger charge is 2.34. The smallest absolute Gasteiger partial charge is 0.352 e. The number of carbonyl (C=O) groups is 2. The summed E-state index contributed by atoms with van der Waals surface area (Å²) in [4.78, 5) is 28.1. The Labute approximate surface area is 216 Å². The fraction of sp³-hybridized carbons (Fsp3) is 0.462. The largest absolute Gasteiger partial charge is 0.416 e. The van der Waals surface area contributed by atoms with Crippen molar-refractivity contribution in [1.29, 1.82) is 0 Å². The molecule has 2 aromatic carbocycles. The molecule has 11 heteroatoms. The molecule has 204 valence electrons. The van der Waals surface area contributed by atoms with Crippen LogP contribution in [0.5, 0.6) is 0 Å². The second-order valence-corrected chi connectivity index (χ2v) is 10.9. The summed E-state index contributed by atoms with van der Waals surface area (Å²) in [7, 11) is -4.15. The Balaban J connectivity index is 2.51. The van der Waals surface area contributed by atoms with Crippen LogP contribution < -0.4 is 9.62 Å². The van der Waals surface area contributed by atoms with Crippen molar-refractivity contribution in [2.24, 2.45) is 0 Å². The average Bonchev–Trinajstić information content (AvgIpc) is 2.82. The summed E-state index contributed by atoms with van der Waals surface area (Å²) >= 11 is 0. The molecule has 2 aromatic rings. The first kappa shape index (κ1) is 30.1. The first-order valence-corrected chi connectivity index (χ1v) is 13.8. The summed E-state index contributed by atoms with van der Waals surface area (Å²) < 4.78 is 65.7. The number of aryl methyl sites for hydroxylation is 1. The van der Waals surface area contributed by atoms with Crippen LogP contribution in [0.15, 0.2) is 48.5 Å². The zero-order valence-electron chi connectivity index (χ0n) is 21.7. The molecule has 0 aliphatic heterocycles. The molecule has 0 aliphatic carbocycles. The van der Waals surface area contributed by atoms with E-state index < -0.39 is 40.3 Å². The number of nitrogens with zero attached hydrogens (tertiary/aromatic N) is 2. The molecule has 2 amide bonds. The van der Waals surface area contributed by atoms with Crippen LogP contribution in [0.2, 0.25) is 0 Å². The molecule has 0 unspecified atom stereocenters. The monoisotopic (exact) mass is 541 g/mol. The van der Waals surface area contributed by atoms with Gasteiger partial charge >= 0.3 is 6.18 Å². The maximum Gasteiger partial charge on any atom is 0.416 e. The number of halogens is 3. The molecule has 0 radical (unpaired) electrons. The number of alkyl halides is 3. The number of sulfonamides is 1. The van der Waals surface area contributed by atoms with Crippen molar-refractivity contribution >= 4 is 27.5 Å². The molecule has 0 aromatic heterocycles. The van der Waals surface area contributed by atoms with E-state index >= 15 is 0 Å². The Kier molecular flexibility index (Phi) is 10.1. The fourth-order valence-corrected chi connectivity index (χ4v) is 4.62. The molecule has 0 spiro atoms. The summed E-state index contributed by atoms with van der Waals surface area (Å²) in [5.41, 5.74) is 0.298. The van der Waals surface area contributed by atoms with E-state index in [4.69, 9.17) is 0 Å². The molecule has 0 saturated carbocycles. The van der Waals surface area contributed by atoms with Crippen molar-refractivity contribution in [1.82, 2.24) is 10.2 Å². The maximum atomic E-state index is 13.6. The van der Waals surface area contributed by atoms with Crippen LogP contribution in [0.1, 0.15) is 50.3 Å². The van der Waals surface area contributed by atoms with Gasteiger partial charge in [0.2, 0.25) is 21.8 Å². The van der Waals surface area contributed by atoms with Crippen molar-refractivity contribution in [3.8, 4) is 0 Å². The zero-order valence-corrected chi connectivity index (χ0v) is 22.5. The average molecular weight is 542 g/mol. The highest BCUT2D eigenvalue weighted by molar-refractivity contribution is 7.92. The van der Waals surface area contributed by atoms with Gasteiger partial charge in [0.05, 0.1) is 17.5 Å².